The van der Waals surface area contributed by atoms with E-state index in [0.717, 1.165) is 16.8 Å². The average Bonchev–Trinajstić information content (AvgIpc) is 3.09. The summed E-state index contributed by atoms with van der Waals surface area (Å²) in [7, 11) is 1.52. The molecule has 2 aliphatic rings. The van der Waals surface area contributed by atoms with Gasteiger partial charge in [-0.2, -0.15) is 0 Å². The summed E-state index contributed by atoms with van der Waals surface area (Å²) in [5.41, 5.74) is 2.94. The molecule has 0 saturated carbocycles. The molecule has 3 unspecified atom stereocenters. The van der Waals surface area contributed by atoms with Gasteiger partial charge in [0.1, 0.15) is 5.92 Å². The minimum Gasteiger partial charge on any atom is -0.283 e. The molecule has 2 amide bonds. The molecule has 2 saturated heterocycles. The Morgan fingerprint density at radius 2 is 1.58 bits per heavy atom. The lowest BCUT2D eigenvalue weighted by Gasteiger charge is -2.28. The maximum absolute atomic E-state index is 12.6. The van der Waals surface area contributed by atoms with E-state index in [9.17, 15) is 9.59 Å². The Morgan fingerprint density at radius 1 is 0.917 bits per heavy atom. The number of para-hydroxylation sites is 1. The fourth-order valence-corrected chi connectivity index (χ4v) is 3.45. The molecular formula is C19H18N2O3. The molecule has 122 valence electrons. The van der Waals surface area contributed by atoms with Gasteiger partial charge in [-0.3, -0.25) is 19.3 Å². The van der Waals surface area contributed by atoms with Crippen LogP contribution in [0.2, 0.25) is 0 Å². The minimum absolute atomic E-state index is 0.186. The summed E-state index contributed by atoms with van der Waals surface area (Å²) in [5, 5.41) is 1.71. The molecule has 2 aromatic rings. The van der Waals surface area contributed by atoms with Gasteiger partial charge >= 0.3 is 0 Å². The first-order valence-corrected chi connectivity index (χ1v) is 7.97. The smallest absolute Gasteiger partial charge is 0.261 e. The third-order valence-corrected chi connectivity index (χ3v) is 4.77. The standard InChI is InChI=1S/C19H18N2O3/c1-12-8-10-13(11-9-12)16-15-17(19(23)20(2)18(15)22)24-21(16)14-6-4-3-5-7-14/h3-11,15-17H,1-2H3. The van der Waals surface area contributed by atoms with Crippen molar-refractivity contribution in [2.24, 2.45) is 5.92 Å². The number of carbonyl (C=O) groups is 2. The maximum Gasteiger partial charge on any atom is 0.261 e. The summed E-state index contributed by atoms with van der Waals surface area (Å²) in [6.45, 7) is 2.02. The van der Waals surface area contributed by atoms with E-state index in [1.54, 1.807) is 5.06 Å². The number of fused-ring (bicyclic) bond motifs is 1. The van der Waals surface area contributed by atoms with E-state index in [-0.39, 0.29) is 17.9 Å². The van der Waals surface area contributed by atoms with Gasteiger partial charge in [0.25, 0.3) is 5.91 Å². The molecule has 4 rings (SSSR count). The van der Waals surface area contributed by atoms with Crippen LogP contribution in [-0.4, -0.2) is 29.9 Å². The van der Waals surface area contributed by atoms with Crippen LogP contribution in [0.25, 0.3) is 0 Å². The minimum atomic E-state index is -0.756. The first-order chi connectivity index (χ1) is 11.6. The summed E-state index contributed by atoms with van der Waals surface area (Å²) < 4.78 is 0. The second-order valence-corrected chi connectivity index (χ2v) is 6.30. The highest BCUT2D eigenvalue weighted by molar-refractivity contribution is 6.07. The molecule has 2 aromatic carbocycles. The van der Waals surface area contributed by atoms with Crippen molar-refractivity contribution in [3.8, 4) is 0 Å². The number of carbonyl (C=O) groups excluding carboxylic acids is 2. The summed E-state index contributed by atoms with van der Waals surface area (Å²) in [6.07, 6.45) is -0.756. The third-order valence-electron chi connectivity index (χ3n) is 4.77. The van der Waals surface area contributed by atoms with Gasteiger partial charge in [-0.05, 0) is 24.6 Å². The topological polar surface area (TPSA) is 49.9 Å². The highest BCUT2D eigenvalue weighted by Gasteiger charge is 2.58. The predicted molar refractivity (Wildman–Crippen MR) is 89.0 cm³/mol. The van der Waals surface area contributed by atoms with E-state index in [4.69, 9.17) is 4.84 Å². The average molecular weight is 322 g/mol. The number of hydrogen-bond donors (Lipinski definition) is 0. The van der Waals surface area contributed by atoms with E-state index in [0.29, 0.717) is 0 Å². The van der Waals surface area contributed by atoms with E-state index in [2.05, 4.69) is 0 Å². The highest BCUT2D eigenvalue weighted by atomic mass is 16.7. The summed E-state index contributed by atoms with van der Waals surface area (Å²) >= 11 is 0. The van der Waals surface area contributed by atoms with Crippen molar-refractivity contribution in [2.45, 2.75) is 19.1 Å². The number of nitrogens with zero attached hydrogens (tertiary/aromatic N) is 2. The number of amides is 2. The zero-order valence-electron chi connectivity index (χ0n) is 13.5. The number of imide groups is 1. The second-order valence-electron chi connectivity index (χ2n) is 6.30. The molecule has 3 atom stereocenters. The number of likely N-dealkylation sites (N-methyl/N-ethyl adjacent to an activating group) is 1. The van der Waals surface area contributed by atoms with Gasteiger partial charge in [0.05, 0.1) is 11.7 Å². The van der Waals surface area contributed by atoms with Gasteiger partial charge in [-0.15, -0.1) is 0 Å². The summed E-state index contributed by atoms with van der Waals surface area (Å²) in [6, 6.07) is 17.3. The normalized spacial score (nSPS) is 26.2. The monoisotopic (exact) mass is 322 g/mol. The van der Waals surface area contributed by atoms with Crippen molar-refractivity contribution < 1.29 is 14.4 Å². The molecule has 2 heterocycles. The van der Waals surface area contributed by atoms with Gasteiger partial charge in [0.2, 0.25) is 5.91 Å². The van der Waals surface area contributed by atoms with Crippen molar-refractivity contribution >= 4 is 17.5 Å². The van der Waals surface area contributed by atoms with E-state index in [1.165, 1.54) is 11.9 Å². The zero-order chi connectivity index (χ0) is 16.8. The Balaban J connectivity index is 1.81. The third kappa shape index (κ3) is 2.12. The molecule has 0 radical (unpaired) electrons. The summed E-state index contributed by atoms with van der Waals surface area (Å²) in [4.78, 5) is 32.1. The molecule has 0 aromatic heterocycles. The van der Waals surface area contributed by atoms with Crippen LogP contribution in [0.4, 0.5) is 5.69 Å². The number of anilines is 1. The first kappa shape index (κ1) is 14.9. The predicted octanol–water partition coefficient (Wildman–Crippen LogP) is 2.47. The maximum atomic E-state index is 12.6. The molecule has 0 N–H and O–H groups in total. The van der Waals surface area contributed by atoms with E-state index >= 15 is 0 Å². The van der Waals surface area contributed by atoms with Crippen LogP contribution in [0.1, 0.15) is 17.2 Å². The van der Waals surface area contributed by atoms with Crippen molar-refractivity contribution in [3.63, 3.8) is 0 Å². The fraction of sp³-hybridized carbons (Fsp3) is 0.263. The molecule has 2 fully saturated rings. The second kappa shape index (κ2) is 5.46. The van der Waals surface area contributed by atoms with Crippen LogP contribution in [0.3, 0.4) is 0 Å². The molecule has 5 heteroatoms. The molecular weight excluding hydrogens is 304 g/mol. The van der Waals surface area contributed by atoms with Crippen LogP contribution in [0.5, 0.6) is 0 Å². The first-order valence-electron chi connectivity index (χ1n) is 7.97. The van der Waals surface area contributed by atoms with Crippen LogP contribution < -0.4 is 5.06 Å². The number of aryl methyl sites for hydroxylation is 1. The Morgan fingerprint density at radius 3 is 2.25 bits per heavy atom. The largest absolute Gasteiger partial charge is 0.283 e. The highest BCUT2D eigenvalue weighted by Crippen LogP contribution is 2.46. The van der Waals surface area contributed by atoms with Crippen molar-refractivity contribution in [1.29, 1.82) is 0 Å². The lowest BCUT2D eigenvalue weighted by atomic mass is 9.90. The molecule has 24 heavy (non-hydrogen) atoms. The van der Waals surface area contributed by atoms with E-state index in [1.807, 2.05) is 61.5 Å². The number of likely N-dealkylation sites (tertiary alicyclic amines) is 1. The molecule has 5 nitrogen and oxygen atoms in total. The van der Waals surface area contributed by atoms with Gasteiger partial charge in [-0.25, -0.2) is 5.06 Å². The number of hydrogen-bond acceptors (Lipinski definition) is 4. The van der Waals surface area contributed by atoms with Crippen LogP contribution in [0, 0.1) is 12.8 Å². The zero-order valence-corrected chi connectivity index (χ0v) is 13.5. The lowest BCUT2D eigenvalue weighted by molar-refractivity contribution is -0.141. The van der Waals surface area contributed by atoms with Crippen molar-refractivity contribution in [2.75, 3.05) is 12.1 Å². The van der Waals surface area contributed by atoms with E-state index < -0.39 is 12.0 Å². The van der Waals surface area contributed by atoms with Gasteiger partial charge in [0.15, 0.2) is 6.10 Å². The molecule has 0 aliphatic carbocycles. The fourth-order valence-electron chi connectivity index (χ4n) is 3.45. The van der Waals surface area contributed by atoms with Crippen LogP contribution >= 0.6 is 0 Å². The Hall–Kier alpha value is -2.66. The van der Waals surface area contributed by atoms with Crippen molar-refractivity contribution in [3.05, 3.63) is 65.7 Å². The number of rotatable bonds is 2. The number of benzene rings is 2. The quantitative estimate of drug-likeness (QED) is 0.797. The SMILES string of the molecule is Cc1ccc(C2C3C(=O)N(C)C(=O)C3ON2c2ccccc2)cc1. The molecule has 0 spiro atoms. The van der Waals surface area contributed by atoms with Gasteiger partial charge < -0.3 is 0 Å². The summed E-state index contributed by atoms with van der Waals surface area (Å²) in [5.74, 6) is -0.986. The number of hydroxylamine groups is 1. The lowest BCUT2D eigenvalue weighted by Crippen LogP contribution is -2.34. The Kier molecular flexibility index (Phi) is 3.39. The molecule has 2 aliphatic heterocycles. The molecule has 0 bridgehead atoms. The van der Waals surface area contributed by atoms with Crippen LogP contribution in [-0.2, 0) is 14.4 Å². The van der Waals surface area contributed by atoms with Crippen molar-refractivity contribution in [1.82, 2.24) is 4.90 Å². The van der Waals surface area contributed by atoms with Crippen LogP contribution in [0.15, 0.2) is 54.6 Å². The Bertz CT molecular complexity index is 788. The van der Waals surface area contributed by atoms with Gasteiger partial charge in [0, 0.05) is 7.05 Å². The Labute approximate surface area is 140 Å². The van der Waals surface area contributed by atoms with Gasteiger partial charge in [-0.1, -0.05) is 48.0 Å².